The third-order valence-corrected chi connectivity index (χ3v) is 5.86. The molecule has 0 heterocycles. The minimum Gasteiger partial charge on any atom is -0.324 e. The molecule has 0 spiro atoms. The van der Waals surface area contributed by atoms with E-state index in [4.69, 9.17) is 0 Å². The average Bonchev–Trinajstić information content (AvgIpc) is 2.79. The van der Waals surface area contributed by atoms with E-state index in [9.17, 15) is 9.59 Å². The molecule has 0 aliphatic heterocycles. The molecule has 1 N–H and O–H groups in total. The Hall–Kier alpha value is -2.70. The summed E-state index contributed by atoms with van der Waals surface area (Å²) in [5.74, 6) is -0.573. The Morgan fingerprint density at radius 3 is 2.06 bits per heavy atom. The van der Waals surface area contributed by atoms with Crippen LogP contribution in [0.25, 0.3) is 0 Å². The predicted molar refractivity (Wildman–Crippen MR) is 132 cm³/mol. The van der Waals surface area contributed by atoms with Gasteiger partial charge in [-0.2, -0.15) is 0 Å². The van der Waals surface area contributed by atoms with Crippen molar-refractivity contribution in [1.29, 1.82) is 0 Å². The van der Waals surface area contributed by atoms with Gasteiger partial charge in [0.05, 0.1) is 0 Å². The first-order valence-electron chi connectivity index (χ1n) is 9.77. The molecule has 1 unspecified atom stereocenters. The van der Waals surface area contributed by atoms with E-state index >= 15 is 0 Å². The van der Waals surface area contributed by atoms with Gasteiger partial charge in [-0.15, -0.1) is 0 Å². The second-order valence-electron chi connectivity index (χ2n) is 6.92. The Kier molecular flexibility index (Phi) is 8.20. The zero-order valence-electron chi connectivity index (χ0n) is 16.8. The second kappa shape index (κ2) is 11.1. The molecule has 1 atom stereocenters. The number of nitrogens with one attached hydrogen (secondary N) is 1. The van der Waals surface area contributed by atoms with Crippen LogP contribution in [0.3, 0.4) is 0 Å². The number of halogens is 2. The summed E-state index contributed by atoms with van der Waals surface area (Å²) in [7, 11) is 0. The Morgan fingerprint density at radius 1 is 0.903 bits per heavy atom. The monoisotopic (exact) mass is 540 g/mol. The number of hydrogen-bond acceptors (Lipinski definition) is 2. The minimum atomic E-state index is -0.786. The largest absolute Gasteiger partial charge is 0.324 e. The summed E-state index contributed by atoms with van der Waals surface area (Å²) in [4.78, 5) is 27.7. The first kappa shape index (κ1) is 23.0. The smallest absolute Gasteiger partial charge is 0.251 e. The van der Waals surface area contributed by atoms with Crippen LogP contribution in [0.2, 0.25) is 0 Å². The second-order valence-corrected chi connectivity index (χ2v) is 8.75. The van der Waals surface area contributed by atoms with Crippen LogP contribution in [0.1, 0.15) is 17.2 Å². The van der Waals surface area contributed by atoms with Crippen LogP contribution in [0, 0.1) is 0 Å². The Bertz CT molecular complexity index is 1040. The number of anilines is 1. The molecule has 0 aliphatic rings. The van der Waals surface area contributed by atoms with E-state index in [-0.39, 0.29) is 11.8 Å². The Balaban J connectivity index is 1.90. The predicted octanol–water partition coefficient (Wildman–Crippen LogP) is 6.15. The van der Waals surface area contributed by atoms with Crippen LogP contribution in [0.5, 0.6) is 0 Å². The topological polar surface area (TPSA) is 49.4 Å². The molecule has 4 nitrogen and oxygen atoms in total. The molecule has 0 saturated heterocycles. The fourth-order valence-corrected chi connectivity index (χ4v) is 3.77. The van der Waals surface area contributed by atoms with Crippen molar-refractivity contribution in [1.82, 2.24) is 4.90 Å². The van der Waals surface area contributed by atoms with Gasteiger partial charge in [0.2, 0.25) is 5.91 Å². The van der Waals surface area contributed by atoms with Gasteiger partial charge in [0.15, 0.2) is 0 Å². The number of amides is 2. The van der Waals surface area contributed by atoms with Crippen LogP contribution >= 0.6 is 31.9 Å². The Morgan fingerprint density at radius 2 is 1.48 bits per heavy atom. The lowest BCUT2D eigenvalue weighted by atomic mass is 10.0. The van der Waals surface area contributed by atoms with Crippen LogP contribution in [0.4, 0.5) is 5.69 Å². The molecule has 2 amide bonds. The van der Waals surface area contributed by atoms with Gasteiger partial charge in [-0.1, -0.05) is 80.9 Å². The number of rotatable bonds is 8. The molecule has 0 saturated carbocycles. The van der Waals surface area contributed by atoms with Gasteiger partial charge in [-0.25, -0.2) is 0 Å². The molecule has 3 aromatic carbocycles. The van der Waals surface area contributed by atoms with Crippen molar-refractivity contribution in [3.05, 3.63) is 112 Å². The van der Waals surface area contributed by atoms with E-state index in [1.807, 2.05) is 78.9 Å². The standard InChI is InChI=1S/C25H22Br2N2O2/c1-2-23(30)29(17-16-18-8-10-20(26)11-9-18)24(19-6-4-3-5-7-19)25(31)28-22-14-12-21(27)13-15-22/h2-15,24H,1,16-17H2,(H,28,31). The van der Waals surface area contributed by atoms with Crippen molar-refractivity contribution < 1.29 is 9.59 Å². The zero-order valence-corrected chi connectivity index (χ0v) is 20.0. The normalized spacial score (nSPS) is 11.4. The van der Waals surface area contributed by atoms with E-state index in [2.05, 4.69) is 43.8 Å². The highest BCUT2D eigenvalue weighted by atomic mass is 79.9. The zero-order chi connectivity index (χ0) is 22.2. The molecule has 158 valence electrons. The number of hydrogen-bond donors (Lipinski definition) is 1. The summed E-state index contributed by atoms with van der Waals surface area (Å²) in [6.45, 7) is 4.02. The summed E-state index contributed by atoms with van der Waals surface area (Å²) in [6, 6.07) is 23.8. The maximum Gasteiger partial charge on any atom is 0.251 e. The summed E-state index contributed by atoms with van der Waals surface area (Å²) in [6.07, 6.45) is 1.87. The maximum atomic E-state index is 13.4. The van der Waals surface area contributed by atoms with E-state index in [0.717, 1.165) is 20.1 Å². The van der Waals surface area contributed by atoms with Crippen molar-refractivity contribution in [2.24, 2.45) is 0 Å². The molecule has 6 heteroatoms. The third kappa shape index (κ3) is 6.39. The average molecular weight is 542 g/mol. The highest BCUT2D eigenvalue weighted by Gasteiger charge is 2.30. The van der Waals surface area contributed by atoms with Gasteiger partial charge in [-0.3, -0.25) is 9.59 Å². The number of carbonyl (C=O) groups is 2. The lowest BCUT2D eigenvalue weighted by molar-refractivity contribution is -0.135. The Labute approximate surface area is 199 Å². The molecular formula is C25H22Br2N2O2. The molecule has 31 heavy (non-hydrogen) atoms. The summed E-state index contributed by atoms with van der Waals surface area (Å²) in [5.41, 5.74) is 2.47. The summed E-state index contributed by atoms with van der Waals surface area (Å²) >= 11 is 6.83. The maximum absolute atomic E-state index is 13.4. The van der Waals surface area contributed by atoms with Crippen molar-refractivity contribution >= 4 is 49.4 Å². The van der Waals surface area contributed by atoms with Crippen molar-refractivity contribution in [3.63, 3.8) is 0 Å². The van der Waals surface area contributed by atoms with Crippen LogP contribution in [-0.2, 0) is 16.0 Å². The molecule has 0 radical (unpaired) electrons. The molecule has 3 rings (SSSR count). The van der Waals surface area contributed by atoms with E-state index in [1.165, 1.54) is 6.08 Å². The first-order valence-corrected chi connectivity index (χ1v) is 11.4. The fourth-order valence-electron chi connectivity index (χ4n) is 3.24. The van der Waals surface area contributed by atoms with Crippen LogP contribution in [0.15, 0.2) is 100 Å². The molecule has 0 fully saturated rings. The van der Waals surface area contributed by atoms with Crippen LogP contribution in [-0.4, -0.2) is 23.3 Å². The molecule has 0 aromatic heterocycles. The quantitative estimate of drug-likeness (QED) is 0.348. The number of benzene rings is 3. The number of carbonyl (C=O) groups excluding carboxylic acids is 2. The minimum absolute atomic E-state index is 0.278. The molecule has 0 bridgehead atoms. The van der Waals surface area contributed by atoms with Gasteiger partial charge in [0, 0.05) is 21.2 Å². The van der Waals surface area contributed by atoms with Crippen LogP contribution < -0.4 is 5.32 Å². The highest BCUT2D eigenvalue weighted by molar-refractivity contribution is 9.10. The molecular weight excluding hydrogens is 520 g/mol. The lowest BCUT2D eigenvalue weighted by Gasteiger charge is -2.30. The van der Waals surface area contributed by atoms with E-state index in [1.54, 1.807) is 4.90 Å². The van der Waals surface area contributed by atoms with E-state index < -0.39 is 6.04 Å². The van der Waals surface area contributed by atoms with Gasteiger partial charge >= 0.3 is 0 Å². The fraction of sp³-hybridized carbons (Fsp3) is 0.120. The first-order chi connectivity index (χ1) is 15.0. The van der Waals surface area contributed by atoms with Gasteiger partial charge in [-0.05, 0) is 60.0 Å². The van der Waals surface area contributed by atoms with E-state index in [0.29, 0.717) is 18.7 Å². The lowest BCUT2D eigenvalue weighted by Crippen LogP contribution is -2.41. The summed E-state index contributed by atoms with van der Waals surface area (Å²) in [5, 5.41) is 2.94. The van der Waals surface area contributed by atoms with Crippen molar-refractivity contribution in [3.8, 4) is 0 Å². The van der Waals surface area contributed by atoms with Crippen molar-refractivity contribution in [2.75, 3.05) is 11.9 Å². The van der Waals surface area contributed by atoms with Gasteiger partial charge < -0.3 is 10.2 Å². The molecule has 0 aliphatic carbocycles. The van der Waals surface area contributed by atoms with Gasteiger partial charge in [0.25, 0.3) is 5.91 Å². The number of nitrogens with zero attached hydrogens (tertiary/aromatic N) is 1. The summed E-state index contributed by atoms with van der Waals surface area (Å²) < 4.78 is 1.91. The third-order valence-electron chi connectivity index (χ3n) is 4.80. The molecule has 3 aromatic rings. The SMILES string of the molecule is C=CC(=O)N(CCc1ccc(Br)cc1)C(C(=O)Nc1ccc(Br)cc1)c1ccccc1. The van der Waals surface area contributed by atoms with Crippen molar-refractivity contribution in [2.45, 2.75) is 12.5 Å². The van der Waals surface area contributed by atoms with Gasteiger partial charge in [0.1, 0.15) is 6.04 Å². The highest BCUT2D eigenvalue weighted by Crippen LogP contribution is 2.25.